The zero-order chi connectivity index (χ0) is 25.7. The molecule has 0 saturated carbocycles. The molecular formula is C23H24F5N7O. The monoisotopic (exact) mass is 509 g/mol. The van der Waals surface area contributed by atoms with E-state index < -0.39 is 36.8 Å². The van der Waals surface area contributed by atoms with Gasteiger partial charge in [0.15, 0.2) is 11.6 Å². The maximum atomic E-state index is 15.3. The largest absolute Gasteiger partial charge is 0.479 e. The smallest absolute Gasteiger partial charge is 0.256 e. The van der Waals surface area contributed by atoms with Crippen LogP contribution in [0.5, 0.6) is 5.88 Å². The fraction of sp³-hybridized carbons (Fsp3) is 0.435. The first-order valence-corrected chi connectivity index (χ1v) is 11.3. The van der Waals surface area contributed by atoms with Crippen molar-refractivity contribution in [2.45, 2.75) is 38.5 Å². The number of benzene rings is 1. The molecule has 0 aliphatic carbocycles. The van der Waals surface area contributed by atoms with Gasteiger partial charge in [0.2, 0.25) is 11.8 Å². The number of methoxy groups -OCH3 is 1. The van der Waals surface area contributed by atoms with Gasteiger partial charge in [0, 0.05) is 13.1 Å². The number of hydrogen-bond acceptors (Lipinski definition) is 6. The normalized spacial score (nSPS) is 19.0. The van der Waals surface area contributed by atoms with Gasteiger partial charge < -0.3 is 19.5 Å². The van der Waals surface area contributed by atoms with Crippen molar-refractivity contribution in [1.29, 1.82) is 0 Å². The molecule has 1 N–H and O–H groups in total. The Hall–Kier alpha value is -3.48. The highest BCUT2D eigenvalue weighted by Crippen LogP contribution is 2.36. The van der Waals surface area contributed by atoms with E-state index in [2.05, 4.69) is 20.4 Å². The first kappa shape index (κ1) is 24.2. The van der Waals surface area contributed by atoms with Crippen LogP contribution in [0.15, 0.2) is 18.3 Å². The third-order valence-electron chi connectivity index (χ3n) is 6.41. The van der Waals surface area contributed by atoms with Crippen LogP contribution in [0.25, 0.3) is 27.7 Å². The summed E-state index contributed by atoms with van der Waals surface area (Å²) in [7, 11) is 3.17. The van der Waals surface area contributed by atoms with Crippen molar-refractivity contribution in [3.8, 4) is 17.0 Å². The van der Waals surface area contributed by atoms with Crippen molar-refractivity contribution >= 4 is 22.5 Å². The molecule has 3 aromatic heterocycles. The Morgan fingerprint density at radius 3 is 2.67 bits per heavy atom. The Bertz CT molecular complexity index is 1440. The average Bonchev–Trinajstić information content (AvgIpc) is 3.31. The summed E-state index contributed by atoms with van der Waals surface area (Å²) in [5.74, 6) is -1.30. The molecule has 1 aliphatic rings. The number of nitrogens with one attached hydrogen (secondary N) is 1. The summed E-state index contributed by atoms with van der Waals surface area (Å²) in [4.78, 5) is 10.2. The van der Waals surface area contributed by atoms with Crippen molar-refractivity contribution < 1.29 is 26.7 Å². The number of imidazole rings is 1. The molecule has 13 heteroatoms. The van der Waals surface area contributed by atoms with Crippen molar-refractivity contribution in [2.24, 2.45) is 0 Å². The Labute approximate surface area is 202 Å². The van der Waals surface area contributed by atoms with Crippen LogP contribution in [0.1, 0.15) is 12.2 Å². The van der Waals surface area contributed by atoms with Gasteiger partial charge in [0.1, 0.15) is 23.0 Å². The summed E-state index contributed by atoms with van der Waals surface area (Å²) in [6.07, 6.45) is -2.24. The molecule has 36 heavy (non-hydrogen) atoms. The highest BCUT2D eigenvalue weighted by molar-refractivity contribution is 5.90. The Balaban J connectivity index is 1.61. The molecule has 0 amide bonds. The van der Waals surface area contributed by atoms with E-state index in [-0.39, 0.29) is 51.9 Å². The van der Waals surface area contributed by atoms with Gasteiger partial charge in [-0.1, -0.05) is 0 Å². The van der Waals surface area contributed by atoms with Crippen LogP contribution in [0.4, 0.5) is 27.9 Å². The number of aryl methyl sites for hydroxylation is 1. The van der Waals surface area contributed by atoms with Crippen LogP contribution in [0.3, 0.4) is 0 Å². The number of ether oxygens (including phenoxy) is 1. The molecule has 4 heterocycles. The lowest BCUT2D eigenvalue weighted by Crippen LogP contribution is -2.46. The van der Waals surface area contributed by atoms with Gasteiger partial charge in [-0.25, -0.2) is 31.5 Å². The second-order valence-electron chi connectivity index (χ2n) is 8.89. The number of rotatable bonds is 6. The average molecular weight is 509 g/mol. The molecule has 1 saturated heterocycles. The van der Waals surface area contributed by atoms with Crippen LogP contribution in [-0.2, 0) is 6.54 Å². The molecule has 2 atom stereocenters. The maximum Gasteiger partial charge on any atom is 0.256 e. The van der Waals surface area contributed by atoms with E-state index in [1.165, 1.54) is 29.2 Å². The lowest BCUT2D eigenvalue weighted by molar-refractivity contribution is 0.127. The summed E-state index contributed by atoms with van der Waals surface area (Å²) in [5.41, 5.74) is 0.142. The van der Waals surface area contributed by atoms with Crippen LogP contribution in [0.2, 0.25) is 0 Å². The van der Waals surface area contributed by atoms with E-state index in [0.29, 0.717) is 13.0 Å². The fourth-order valence-corrected chi connectivity index (χ4v) is 4.69. The predicted molar refractivity (Wildman–Crippen MR) is 123 cm³/mol. The van der Waals surface area contributed by atoms with Gasteiger partial charge in [-0.15, -0.1) is 5.10 Å². The second kappa shape index (κ2) is 9.19. The second-order valence-corrected chi connectivity index (χ2v) is 8.89. The van der Waals surface area contributed by atoms with E-state index >= 15 is 4.39 Å². The number of anilines is 1. The summed E-state index contributed by atoms with van der Waals surface area (Å²) >= 11 is 0. The minimum absolute atomic E-state index is 0.0208. The van der Waals surface area contributed by atoms with Crippen LogP contribution >= 0.6 is 0 Å². The van der Waals surface area contributed by atoms with Gasteiger partial charge >= 0.3 is 0 Å². The number of fused-ring (bicyclic) bond motifs is 2. The van der Waals surface area contributed by atoms with E-state index in [4.69, 9.17) is 4.74 Å². The van der Waals surface area contributed by atoms with E-state index in [1.54, 1.807) is 0 Å². The zero-order valence-electron chi connectivity index (χ0n) is 19.8. The number of piperidine rings is 1. The molecule has 5 rings (SSSR count). The molecule has 0 radical (unpaired) electrons. The predicted octanol–water partition coefficient (Wildman–Crippen LogP) is 4.06. The minimum atomic E-state index is -2.69. The molecule has 0 unspecified atom stereocenters. The van der Waals surface area contributed by atoms with Crippen molar-refractivity contribution in [1.82, 2.24) is 29.0 Å². The first-order chi connectivity index (χ1) is 17.2. The summed E-state index contributed by atoms with van der Waals surface area (Å²) < 4.78 is 78.7. The molecular weight excluding hydrogens is 485 g/mol. The number of halogens is 5. The number of hydrogen-bond donors (Lipinski definition) is 1. The highest BCUT2D eigenvalue weighted by atomic mass is 19.3. The SMILES string of the molecule is COc1nc(N[C@H]2CCN(C)C[C@H]2F)nn2cc(F)c(-c3cc(F)c4nc(C)n(CC(F)F)c4c3)c12. The van der Waals surface area contributed by atoms with Gasteiger partial charge in [-0.05, 0) is 38.1 Å². The molecule has 1 aromatic carbocycles. The quantitative estimate of drug-likeness (QED) is 0.396. The lowest BCUT2D eigenvalue weighted by Gasteiger charge is -2.32. The zero-order valence-corrected chi connectivity index (χ0v) is 19.8. The van der Waals surface area contributed by atoms with Gasteiger partial charge in [-0.3, -0.25) is 0 Å². The molecule has 8 nitrogen and oxygen atoms in total. The molecule has 0 bridgehead atoms. The maximum absolute atomic E-state index is 15.3. The molecule has 1 aliphatic heterocycles. The summed E-state index contributed by atoms with van der Waals surface area (Å²) in [6.45, 7) is 1.76. The molecule has 192 valence electrons. The molecule has 4 aromatic rings. The molecule has 0 spiro atoms. The summed E-state index contributed by atoms with van der Waals surface area (Å²) in [5, 5.41) is 7.23. The third-order valence-corrected chi connectivity index (χ3v) is 6.41. The Morgan fingerprint density at radius 2 is 1.97 bits per heavy atom. The Morgan fingerprint density at radius 1 is 1.19 bits per heavy atom. The number of likely N-dealkylation sites (tertiary alicyclic amines) is 1. The van der Waals surface area contributed by atoms with Crippen molar-refractivity contribution in [3.63, 3.8) is 0 Å². The number of aromatic nitrogens is 5. The Kier molecular flexibility index (Phi) is 6.18. The van der Waals surface area contributed by atoms with Gasteiger partial charge in [0.05, 0.1) is 37.0 Å². The number of nitrogens with zero attached hydrogens (tertiary/aromatic N) is 6. The fourth-order valence-electron chi connectivity index (χ4n) is 4.69. The van der Waals surface area contributed by atoms with E-state index in [9.17, 15) is 17.6 Å². The van der Waals surface area contributed by atoms with Gasteiger partial charge in [-0.2, -0.15) is 4.98 Å². The van der Waals surface area contributed by atoms with Crippen LogP contribution < -0.4 is 10.1 Å². The van der Waals surface area contributed by atoms with E-state index in [0.717, 1.165) is 12.3 Å². The van der Waals surface area contributed by atoms with Crippen LogP contribution in [0, 0.1) is 18.6 Å². The van der Waals surface area contributed by atoms with Gasteiger partial charge in [0.25, 0.3) is 6.43 Å². The van der Waals surface area contributed by atoms with Crippen molar-refractivity contribution in [3.05, 3.63) is 35.8 Å². The third kappa shape index (κ3) is 4.21. The van der Waals surface area contributed by atoms with E-state index in [1.807, 2.05) is 11.9 Å². The standard InChI is InChI=1S/C23H24F5N7O/c1-11-29-20-13(24)6-12(7-17(20)34(11)10-18(27)28)19-15(26)9-35-21(19)22(36-3)31-23(32-35)30-16-4-5-33(2)8-14(16)25/h6-7,9,14,16,18H,4-5,8,10H2,1-3H3,(H,30,32)/t14-,16+/m1/s1. The highest BCUT2D eigenvalue weighted by Gasteiger charge is 2.29. The topological polar surface area (TPSA) is 72.5 Å². The lowest BCUT2D eigenvalue weighted by atomic mass is 10.0. The van der Waals surface area contributed by atoms with Crippen LogP contribution in [-0.4, -0.2) is 74.9 Å². The van der Waals surface area contributed by atoms with Crippen molar-refractivity contribution in [2.75, 3.05) is 32.6 Å². The molecule has 1 fully saturated rings. The minimum Gasteiger partial charge on any atom is -0.479 e. The first-order valence-electron chi connectivity index (χ1n) is 11.3. The number of alkyl halides is 3. The summed E-state index contributed by atoms with van der Waals surface area (Å²) in [6, 6.07) is 1.95.